The highest BCUT2D eigenvalue weighted by Crippen LogP contribution is 2.33. The smallest absolute Gasteiger partial charge is 0.313 e. The molecule has 1 N–H and O–H groups in total. The highest BCUT2D eigenvalue weighted by molar-refractivity contribution is 4.95. The quantitative estimate of drug-likeness (QED) is 0.702. The Morgan fingerprint density at radius 2 is 1.71 bits per heavy atom. The van der Waals surface area contributed by atoms with Crippen LogP contribution in [0.4, 0.5) is 13.2 Å². The standard InChI is InChI=1S/C10H18F3N/c1-5-6-9(14-4)7(2)8(3)10(11,12)13/h5-9,14H,1-4H3/b6-5-/t7-,8-,9?/m1/s1. The Bertz CT molecular complexity index is 186. The summed E-state index contributed by atoms with van der Waals surface area (Å²) in [5.41, 5.74) is 0. The minimum Gasteiger partial charge on any atom is -0.313 e. The predicted molar refractivity (Wildman–Crippen MR) is 52.0 cm³/mol. The van der Waals surface area contributed by atoms with Crippen molar-refractivity contribution in [3.63, 3.8) is 0 Å². The average Bonchev–Trinajstić information content (AvgIpc) is 2.10. The highest BCUT2D eigenvalue weighted by Gasteiger charge is 2.41. The molecule has 84 valence electrons. The molecule has 0 rings (SSSR count). The van der Waals surface area contributed by atoms with E-state index in [0.717, 1.165) is 0 Å². The van der Waals surface area contributed by atoms with Crippen molar-refractivity contribution in [3.05, 3.63) is 12.2 Å². The number of allylic oxidation sites excluding steroid dienone is 1. The molecule has 1 nitrogen and oxygen atoms in total. The lowest BCUT2D eigenvalue weighted by atomic mass is 9.88. The highest BCUT2D eigenvalue weighted by atomic mass is 19.4. The van der Waals surface area contributed by atoms with Crippen molar-refractivity contribution >= 4 is 0 Å². The second-order valence-electron chi connectivity index (χ2n) is 3.53. The van der Waals surface area contributed by atoms with Gasteiger partial charge in [0, 0.05) is 6.04 Å². The van der Waals surface area contributed by atoms with Gasteiger partial charge in [0.05, 0.1) is 5.92 Å². The Labute approximate surface area is 83.4 Å². The minimum atomic E-state index is -4.11. The predicted octanol–water partition coefficient (Wildman–Crippen LogP) is 2.99. The summed E-state index contributed by atoms with van der Waals surface area (Å²) in [6.45, 7) is 4.63. The number of alkyl halides is 3. The first-order valence-corrected chi connectivity index (χ1v) is 4.71. The molecule has 0 fully saturated rings. The number of hydrogen-bond donors (Lipinski definition) is 1. The zero-order valence-corrected chi connectivity index (χ0v) is 9.02. The molecule has 0 aliphatic heterocycles. The molecule has 0 amide bonds. The SMILES string of the molecule is C/C=C\C(NC)[C@H](C)[C@@H](C)C(F)(F)F. The summed E-state index contributed by atoms with van der Waals surface area (Å²) in [4.78, 5) is 0. The fourth-order valence-corrected chi connectivity index (χ4v) is 1.35. The van der Waals surface area contributed by atoms with Gasteiger partial charge in [0.1, 0.15) is 0 Å². The lowest BCUT2D eigenvalue weighted by molar-refractivity contribution is -0.183. The van der Waals surface area contributed by atoms with Crippen LogP contribution in [0.25, 0.3) is 0 Å². The maximum absolute atomic E-state index is 12.4. The first-order chi connectivity index (χ1) is 6.34. The van der Waals surface area contributed by atoms with Crippen LogP contribution in [0.5, 0.6) is 0 Å². The van der Waals surface area contributed by atoms with Gasteiger partial charge in [0.2, 0.25) is 0 Å². The molecule has 0 aliphatic rings. The number of hydrogen-bond acceptors (Lipinski definition) is 1. The second kappa shape index (κ2) is 5.39. The van der Waals surface area contributed by atoms with Crippen LogP contribution in [-0.4, -0.2) is 19.3 Å². The molecule has 0 aromatic carbocycles. The van der Waals surface area contributed by atoms with Crippen LogP contribution >= 0.6 is 0 Å². The Morgan fingerprint density at radius 1 is 1.21 bits per heavy atom. The van der Waals surface area contributed by atoms with Gasteiger partial charge in [-0.25, -0.2) is 0 Å². The average molecular weight is 209 g/mol. The lowest BCUT2D eigenvalue weighted by Crippen LogP contribution is -2.39. The van der Waals surface area contributed by atoms with Gasteiger partial charge in [-0.1, -0.05) is 26.0 Å². The van der Waals surface area contributed by atoms with Crippen LogP contribution in [0.1, 0.15) is 20.8 Å². The molecule has 4 heteroatoms. The molecule has 3 atom stereocenters. The van der Waals surface area contributed by atoms with Gasteiger partial charge in [-0.15, -0.1) is 0 Å². The van der Waals surface area contributed by atoms with E-state index in [2.05, 4.69) is 5.32 Å². The van der Waals surface area contributed by atoms with Gasteiger partial charge >= 0.3 is 6.18 Å². The third-order valence-electron chi connectivity index (χ3n) is 2.60. The maximum atomic E-state index is 12.4. The van der Waals surface area contributed by atoms with Crippen molar-refractivity contribution in [2.45, 2.75) is 33.0 Å². The molecule has 0 aliphatic carbocycles. The van der Waals surface area contributed by atoms with E-state index in [4.69, 9.17) is 0 Å². The van der Waals surface area contributed by atoms with Crippen molar-refractivity contribution in [3.8, 4) is 0 Å². The summed E-state index contributed by atoms with van der Waals surface area (Å²) >= 11 is 0. The van der Waals surface area contributed by atoms with Gasteiger partial charge in [-0.2, -0.15) is 13.2 Å². The zero-order valence-electron chi connectivity index (χ0n) is 9.02. The van der Waals surface area contributed by atoms with Crippen molar-refractivity contribution in [2.75, 3.05) is 7.05 Å². The molecule has 0 heterocycles. The van der Waals surface area contributed by atoms with Gasteiger partial charge in [-0.3, -0.25) is 0 Å². The topological polar surface area (TPSA) is 12.0 Å². The molecule has 14 heavy (non-hydrogen) atoms. The third kappa shape index (κ3) is 3.70. The summed E-state index contributed by atoms with van der Waals surface area (Å²) in [5, 5.41) is 2.87. The Kier molecular flexibility index (Phi) is 5.19. The first-order valence-electron chi connectivity index (χ1n) is 4.71. The van der Waals surface area contributed by atoms with Gasteiger partial charge in [-0.05, 0) is 19.9 Å². The monoisotopic (exact) mass is 209 g/mol. The number of rotatable bonds is 4. The Morgan fingerprint density at radius 3 is 2.00 bits per heavy atom. The van der Waals surface area contributed by atoms with Crippen molar-refractivity contribution in [1.82, 2.24) is 5.32 Å². The first kappa shape index (κ1) is 13.5. The van der Waals surface area contributed by atoms with Crippen molar-refractivity contribution < 1.29 is 13.2 Å². The van der Waals surface area contributed by atoms with Gasteiger partial charge in [0.25, 0.3) is 0 Å². The zero-order chi connectivity index (χ0) is 11.4. The van der Waals surface area contributed by atoms with E-state index >= 15 is 0 Å². The van der Waals surface area contributed by atoms with Crippen LogP contribution in [0.2, 0.25) is 0 Å². The Hall–Kier alpha value is -0.510. The minimum absolute atomic E-state index is 0.225. The summed E-state index contributed by atoms with van der Waals surface area (Å²) in [7, 11) is 1.67. The summed E-state index contributed by atoms with van der Waals surface area (Å²) in [5.74, 6) is -1.76. The fourth-order valence-electron chi connectivity index (χ4n) is 1.35. The van der Waals surface area contributed by atoms with E-state index in [1.807, 2.05) is 0 Å². The summed E-state index contributed by atoms with van der Waals surface area (Å²) in [6, 6.07) is -0.225. The van der Waals surface area contributed by atoms with Crippen molar-refractivity contribution in [2.24, 2.45) is 11.8 Å². The largest absolute Gasteiger partial charge is 0.391 e. The summed E-state index contributed by atoms with van der Waals surface area (Å²) in [6.07, 6.45) is -0.593. The molecular formula is C10H18F3N. The lowest BCUT2D eigenvalue weighted by Gasteiger charge is -2.28. The molecule has 0 spiro atoms. The van der Waals surface area contributed by atoms with Gasteiger partial charge < -0.3 is 5.32 Å². The molecule has 0 aromatic heterocycles. The second-order valence-corrected chi connectivity index (χ2v) is 3.53. The van der Waals surface area contributed by atoms with E-state index in [-0.39, 0.29) is 6.04 Å². The van der Waals surface area contributed by atoms with E-state index in [9.17, 15) is 13.2 Å². The molecule has 0 saturated heterocycles. The molecular weight excluding hydrogens is 191 g/mol. The number of nitrogens with one attached hydrogen (secondary N) is 1. The number of halogens is 3. The molecule has 0 radical (unpaired) electrons. The van der Waals surface area contributed by atoms with E-state index in [0.29, 0.717) is 0 Å². The normalized spacial score (nSPS) is 19.6. The molecule has 0 bridgehead atoms. The molecule has 1 unspecified atom stereocenters. The van der Waals surface area contributed by atoms with Crippen LogP contribution in [0, 0.1) is 11.8 Å². The maximum Gasteiger partial charge on any atom is 0.391 e. The van der Waals surface area contributed by atoms with Gasteiger partial charge in [0.15, 0.2) is 0 Å². The van der Waals surface area contributed by atoms with Crippen LogP contribution < -0.4 is 5.32 Å². The molecule has 0 aromatic rings. The van der Waals surface area contributed by atoms with Crippen LogP contribution in [0.3, 0.4) is 0 Å². The van der Waals surface area contributed by atoms with Crippen LogP contribution in [-0.2, 0) is 0 Å². The van der Waals surface area contributed by atoms with E-state index in [1.165, 1.54) is 6.92 Å². The molecule has 0 saturated carbocycles. The Balaban J connectivity index is 4.49. The van der Waals surface area contributed by atoms with E-state index < -0.39 is 18.0 Å². The fraction of sp³-hybridized carbons (Fsp3) is 0.800. The number of likely N-dealkylation sites (N-methyl/N-ethyl adjacent to an activating group) is 1. The third-order valence-corrected chi connectivity index (χ3v) is 2.60. The van der Waals surface area contributed by atoms with E-state index in [1.54, 1.807) is 33.0 Å². The van der Waals surface area contributed by atoms with Crippen LogP contribution in [0.15, 0.2) is 12.2 Å². The summed E-state index contributed by atoms with van der Waals surface area (Å²) < 4.78 is 37.2. The van der Waals surface area contributed by atoms with Crippen molar-refractivity contribution in [1.29, 1.82) is 0 Å².